The van der Waals surface area contributed by atoms with Gasteiger partial charge in [0.05, 0.1) is 0 Å². The predicted octanol–water partition coefficient (Wildman–Crippen LogP) is 5.45. The zero-order valence-electron chi connectivity index (χ0n) is 31.3. The number of hydrogen-bond acceptors (Lipinski definition) is 9. The van der Waals surface area contributed by atoms with Crippen LogP contribution in [-0.2, 0) is 24.0 Å². The number of carboxylic acids is 4. The maximum Gasteiger partial charge on any atom is 0.490 e. The van der Waals surface area contributed by atoms with E-state index in [-0.39, 0.29) is 5.91 Å². The summed E-state index contributed by atoms with van der Waals surface area (Å²) in [5.41, 5.74) is 5.46. The van der Waals surface area contributed by atoms with E-state index in [1.165, 1.54) is 51.4 Å². The minimum Gasteiger partial charge on any atom is -0.475 e. The molecule has 0 heterocycles. The Kier molecular flexibility index (Phi) is 41.6. The number of carboxylic acid groups (broad SMARTS) is 4. The fraction of sp³-hybridized carbons (Fsp3) is 0.839. The van der Waals surface area contributed by atoms with Crippen LogP contribution in [0, 0.1) is 0 Å². The zero-order valence-corrected chi connectivity index (χ0v) is 31.3. The second-order valence-electron chi connectivity index (χ2n) is 11.2. The van der Waals surface area contributed by atoms with E-state index in [4.69, 9.17) is 45.3 Å². The molecule has 0 saturated heterocycles. The molecular formula is C31H55F12N5O9. The monoisotopic (exact) mass is 869 g/mol. The summed E-state index contributed by atoms with van der Waals surface area (Å²) in [6.45, 7) is 10.1. The van der Waals surface area contributed by atoms with Crippen LogP contribution < -0.4 is 27.0 Å². The minimum atomic E-state index is -5.08. The third kappa shape index (κ3) is 59.2. The lowest BCUT2D eigenvalue weighted by Gasteiger charge is -2.08. The molecule has 0 fully saturated rings. The largest absolute Gasteiger partial charge is 0.490 e. The van der Waals surface area contributed by atoms with Crippen molar-refractivity contribution in [3.05, 3.63) is 0 Å². The van der Waals surface area contributed by atoms with Crippen molar-refractivity contribution in [3.8, 4) is 0 Å². The molecule has 0 bridgehead atoms. The standard InChI is InChI=1S/C23H51N5O.4C2HF3O2/c1-2-3-4-5-6-7-8-14-23(29)28-22-13-21-27-20-12-19-26-17-10-9-16-25-18-11-15-24;4*3-2(4,5)1(6)7/h25-27H,2-22,24H2,1H3,(H,28,29);4*(H,6,7). The Morgan fingerprint density at radius 3 is 0.982 bits per heavy atom. The van der Waals surface area contributed by atoms with Gasteiger partial charge in [-0.3, -0.25) is 4.79 Å². The van der Waals surface area contributed by atoms with Crippen LogP contribution in [0.15, 0.2) is 0 Å². The number of unbranched alkanes of at least 4 members (excludes halogenated alkanes) is 7. The molecule has 0 rings (SSSR count). The lowest BCUT2D eigenvalue weighted by atomic mass is 10.1. The summed E-state index contributed by atoms with van der Waals surface area (Å²) >= 11 is 0. The van der Waals surface area contributed by atoms with Crippen LogP contribution in [0.4, 0.5) is 52.7 Å². The third-order valence-corrected chi connectivity index (χ3v) is 6.05. The number of nitrogens with one attached hydrogen (secondary N) is 4. The van der Waals surface area contributed by atoms with Gasteiger partial charge in [0.1, 0.15) is 0 Å². The van der Waals surface area contributed by atoms with Gasteiger partial charge in [-0.05, 0) is 84.3 Å². The van der Waals surface area contributed by atoms with E-state index >= 15 is 0 Å². The second kappa shape index (κ2) is 37.9. The second-order valence-corrected chi connectivity index (χ2v) is 11.2. The van der Waals surface area contributed by atoms with E-state index < -0.39 is 48.6 Å². The summed E-state index contributed by atoms with van der Waals surface area (Å²) in [6.07, 6.45) is -5.15. The molecule has 0 aliphatic carbocycles. The van der Waals surface area contributed by atoms with Crippen molar-refractivity contribution in [1.29, 1.82) is 0 Å². The normalized spacial score (nSPS) is 11.2. The Labute approximate surface area is 321 Å². The van der Waals surface area contributed by atoms with Gasteiger partial charge in [-0.1, -0.05) is 45.4 Å². The molecule has 57 heavy (non-hydrogen) atoms. The summed E-state index contributed by atoms with van der Waals surface area (Å²) in [4.78, 5) is 47.4. The lowest BCUT2D eigenvalue weighted by molar-refractivity contribution is -0.193. The number of carbonyl (C=O) groups excluding carboxylic acids is 1. The summed E-state index contributed by atoms with van der Waals surface area (Å²) in [6, 6.07) is 0. The molecule has 0 saturated carbocycles. The molecular weight excluding hydrogens is 814 g/mol. The first-order chi connectivity index (χ1) is 26.1. The van der Waals surface area contributed by atoms with E-state index in [0.717, 1.165) is 78.0 Å². The molecule has 0 spiro atoms. The highest BCUT2D eigenvalue weighted by Gasteiger charge is 2.40. The number of amides is 1. The van der Waals surface area contributed by atoms with Crippen molar-refractivity contribution in [1.82, 2.24) is 21.3 Å². The van der Waals surface area contributed by atoms with Crippen LogP contribution in [-0.4, -0.2) is 127 Å². The average Bonchev–Trinajstić information content (AvgIpc) is 3.07. The molecule has 14 nitrogen and oxygen atoms in total. The van der Waals surface area contributed by atoms with Gasteiger partial charge in [0.25, 0.3) is 0 Å². The fourth-order valence-corrected chi connectivity index (χ4v) is 3.21. The maximum atomic E-state index is 11.8. The molecule has 0 aromatic rings. The van der Waals surface area contributed by atoms with Gasteiger partial charge in [0.2, 0.25) is 5.91 Å². The van der Waals surface area contributed by atoms with Crippen LogP contribution in [0.5, 0.6) is 0 Å². The van der Waals surface area contributed by atoms with Crippen LogP contribution in [0.3, 0.4) is 0 Å². The molecule has 26 heteroatoms. The van der Waals surface area contributed by atoms with Gasteiger partial charge < -0.3 is 47.4 Å². The quantitative estimate of drug-likeness (QED) is 0.0434. The minimum absolute atomic E-state index is 0.220. The molecule has 342 valence electrons. The third-order valence-electron chi connectivity index (χ3n) is 6.05. The average molecular weight is 870 g/mol. The molecule has 0 aromatic carbocycles. The van der Waals surface area contributed by atoms with Crippen molar-refractivity contribution in [2.45, 2.75) is 115 Å². The molecule has 0 aliphatic heterocycles. The summed E-state index contributed by atoms with van der Waals surface area (Å²) in [5, 5.41) is 41.9. The Morgan fingerprint density at radius 1 is 0.421 bits per heavy atom. The predicted molar refractivity (Wildman–Crippen MR) is 181 cm³/mol. The van der Waals surface area contributed by atoms with Gasteiger partial charge >= 0.3 is 48.6 Å². The maximum absolute atomic E-state index is 11.8. The fourth-order valence-electron chi connectivity index (χ4n) is 3.21. The van der Waals surface area contributed by atoms with Crippen molar-refractivity contribution in [2.75, 3.05) is 52.4 Å². The summed E-state index contributed by atoms with van der Waals surface area (Å²) in [5.74, 6) is -10.8. The van der Waals surface area contributed by atoms with Crippen LogP contribution in [0.2, 0.25) is 0 Å². The molecule has 0 aliphatic rings. The van der Waals surface area contributed by atoms with Gasteiger partial charge in [0, 0.05) is 13.0 Å². The first-order valence-electron chi connectivity index (χ1n) is 17.4. The van der Waals surface area contributed by atoms with Crippen molar-refractivity contribution in [3.63, 3.8) is 0 Å². The summed E-state index contributed by atoms with van der Waals surface area (Å²) < 4.78 is 127. The van der Waals surface area contributed by atoms with Crippen molar-refractivity contribution >= 4 is 29.8 Å². The van der Waals surface area contributed by atoms with Gasteiger partial charge in [-0.2, -0.15) is 52.7 Å². The molecule has 0 unspecified atom stereocenters. The number of carbonyl (C=O) groups is 5. The number of halogens is 12. The Balaban J connectivity index is -0.000000257. The van der Waals surface area contributed by atoms with E-state index in [1.807, 2.05) is 0 Å². The van der Waals surface area contributed by atoms with E-state index in [0.29, 0.717) is 6.42 Å². The molecule has 0 radical (unpaired) electrons. The molecule has 1 amide bonds. The first kappa shape index (κ1) is 62.5. The van der Waals surface area contributed by atoms with Gasteiger partial charge in [-0.15, -0.1) is 0 Å². The molecule has 10 N–H and O–H groups in total. The summed E-state index contributed by atoms with van der Waals surface area (Å²) in [7, 11) is 0. The van der Waals surface area contributed by atoms with E-state index in [2.05, 4.69) is 28.2 Å². The van der Waals surface area contributed by atoms with Crippen LogP contribution >= 0.6 is 0 Å². The van der Waals surface area contributed by atoms with E-state index in [9.17, 15) is 57.5 Å². The van der Waals surface area contributed by atoms with Crippen LogP contribution in [0.1, 0.15) is 90.4 Å². The molecule has 0 atom stereocenters. The van der Waals surface area contributed by atoms with Gasteiger partial charge in [0.15, 0.2) is 0 Å². The Bertz CT molecular complexity index is 938. The topological polar surface area (TPSA) is 240 Å². The van der Waals surface area contributed by atoms with Crippen molar-refractivity contribution in [2.24, 2.45) is 5.73 Å². The SMILES string of the molecule is CCCCCCCCCC(=O)NCCCNCCCNCCCCNCCCN.O=C(O)C(F)(F)F.O=C(O)C(F)(F)F.O=C(O)C(F)(F)F.O=C(O)C(F)(F)F. The number of alkyl halides is 12. The highest BCUT2D eigenvalue weighted by Crippen LogP contribution is 2.15. The Hall–Kier alpha value is -3.65. The zero-order chi connectivity index (χ0) is 45.6. The number of rotatable bonds is 24. The smallest absolute Gasteiger partial charge is 0.475 e. The number of hydrogen-bond donors (Lipinski definition) is 9. The van der Waals surface area contributed by atoms with Gasteiger partial charge in [-0.25, -0.2) is 19.2 Å². The highest BCUT2D eigenvalue weighted by atomic mass is 19.4. The Morgan fingerprint density at radius 2 is 0.684 bits per heavy atom. The lowest BCUT2D eigenvalue weighted by Crippen LogP contribution is -2.28. The first-order valence-corrected chi connectivity index (χ1v) is 17.4. The van der Waals surface area contributed by atoms with Crippen molar-refractivity contribution < 1.29 is 97.1 Å². The number of nitrogens with two attached hydrogens (primary N) is 1. The van der Waals surface area contributed by atoms with Crippen LogP contribution in [0.25, 0.3) is 0 Å². The molecule has 0 aromatic heterocycles. The number of aliphatic carboxylic acids is 4. The van der Waals surface area contributed by atoms with E-state index in [1.54, 1.807) is 0 Å². The highest BCUT2D eigenvalue weighted by molar-refractivity contribution is 5.75.